The first-order chi connectivity index (χ1) is 9.77. The normalized spacial score (nSPS) is 11.7. The molecule has 2 nitrogen and oxygen atoms in total. The van der Waals surface area contributed by atoms with E-state index in [0.29, 0.717) is 0 Å². The highest BCUT2D eigenvalue weighted by Crippen LogP contribution is 2.11. The molecule has 116 valence electrons. The molecule has 0 aromatic carbocycles. The third kappa shape index (κ3) is 16.9. The summed E-state index contributed by atoms with van der Waals surface area (Å²) in [5, 5.41) is 8.46. The topological polar surface area (TPSA) is 37.3 Å². The summed E-state index contributed by atoms with van der Waals surface area (Å²) in [6.07, 6.45) is 22.5. The average molecular weight is 280 g/mol. The summed E-state index contributed by atoms with van der Waals surface area (Å²) in [5.74, 6) is -0.744. The zero-order valence-corrected chi connectivity index (χ0v) is 13.2. The number of rotatable bonds is 14. The molecule has 2 heteroatoms. The van der Waals surface area contributed by atoms with Gasteiger partial charge in [0.1, 0.15) is 0 Å². The van der Waals surface area contributed by atoms with Gasteiger partial charge in [-0.25, -0.2) is 0 Å². The smallest absolute Gasteiger partial charge is 0.307 e. The van der Waals surface area contributed by atoms with Gasteiger partial charge in [-0.15, -0.1) is 0 Å². The maximum absolute atomic E-state index is 10.3. The van der Waals surface area contributed by atoms with Crippen molar-refractivity contribution in [1.82, 2.24) is 0 Å². The maximum Gasteiger partial charge on any atom is 0.307 e. The molecule has 0 bridgehead atoms. The van der Waals surface area contributed by atoms with Crippen LogP contribution in [0, 0.1) is 0 Å². The molecule has 0 aliphatic rings. The Labute approximate surface area is 125 Å². The van der Waals surface area contributed by atoms with Gasteiger partial charge >= 0.3 is 5.97 Å². The fourth-order valence-electron chi connectivity index (χ4n) is 2.17. The van der Waals surface area contributed by atoms with Crippen LogP contribution in [0.2, 0.25) is 0 Å². The minimum absolute atomic E-state index is 0.160. The SMILES string of the molecule is CCC=CCCCCCCCCCCC=CCC(=O)O. The van der Waals surface area contributed by atoms with Gasteiger partial charge in [-0.05, 0) is 32.1 Å². The fourth-order valence-corrected chi connectivity index (χ4v) is 2.17. The lowest BCUT2D eigenvalue weighted by atomic mass is 10.1. The molecule has 0 unspecified atom stereocenters. The number of hydrogen-bond donors (Lipinski definition) is 1. The molecule has 0 atom stereocenters. The van der Waals surface area contributed by atoms with Gasteiger partial charge in [-0.2, -0.15) is 0 Å². The monoisotopic (exact) mass is 280 g/mol. The zero-order chi connectivity index (χ0) is 14.9. The van der Waals surface area contributed by atoms with Crippen LogP contribution in [0.4, 0.5) is 0 Å². The lowest BCUT2D eigenvalue weighted by Gasteiger charge is -2.00. The molecular formula is C18H32O2. The summed E-state index contributed by atoms with van der Waals surface area (Å²) in [7, 11) is 0. The van der Waals surface area contributed by atoms with Crippen LogP contribution in [0.3, 0.4) is 0 Å². The molecule has 0 aliphatic heterocycles. The van der Waals surface area contributed by atoms with Crippen LogP contribution >= 0.6 is 0 Å². The Bertz CT molecular complexity index is 267. The second-order valence-corrected chi connectivity index (χ2v) is 5.35. The van der Waals surface area contributed by atoms with Gasteiger partial charge in [0.15, 0.2) is 0 Å². The molecule has 0 spiro atoms. The predicted molar refractivity (Wildman–Crippen MR) is 87.0 cm³/mol. The molecule has 0 heterocycles. The largest absolute Gasteiger partial charge is 0.481 e. The Kier molecular flexibility index (Phi) is 15.2. The Morgan fingerprint density at radius 2 is 1.20 bits per heavy atom. The van der Waals surface area contributed by atoms with Gasteiger partial charge in [0.25, 0.3) is 0 Å². The second-order valence-electron chi connectivity index (χ2n) is 5.35. The highest BCUT2D eigenvalue weighted by Gasteiger charge is 1.92. The Hall–Kier alpha value is -1.05. The molecule has 20 heavy (non-hydrogen) atoms. The summed E-state index contributed by atoms with van der Waals surface area (Å²) >= 11 is 0. The summed E-state index contributed by atoms with van der Waals surface area (Å²) in [6, 6.07) is 0. The standard InChI is InChI=1S/C18H32O2/c1-2-3-4-5-6-7-8-9-10-11-12-13-14-15-16-17-18(19)20/h3-4,15-16H,2,5-14,17H2,1H3,(H,19,20). The van der Waals surface area contributed by atoms with Gasteiger partial charge in [-0.1, -0.05) is 69.8 Å². The summed E-state index contributed by atoms with van der Waals surface area (Å²) in [5.41, 5.74) is 0. The molecule has 1 N–H and O–H groups in total. The van der Waals surface area contributed by atoms with Crippen molar-refractivity contribution in [2.45, 2.75) is 84.0 Å². The van der Waals surface area contributed by atoms with Crippen LogP contribution in [0.5, 0.6) is 0 Å². The summed E-state index contributed by atoms with van der Waals surface area (Å²) in [4.78, 5) is 10.3. The number of allylic oxidation sites excluding steroid dienone is 3. The molecule has 0 fully saturated rings. The van der Waals surface area contributed by atoms with Crippen molar-refractivity contribution in [3.05, 3.63) is 24.3 Å². The molecule has 0 rings (SSSR count). The van der Waals surface area contributed by atoms with Crippen molar-refractivity contribution < 1.29 is 9.90 Å². The van der Waals surface area contributed by atoms with Crippen molar-refractivity contribution >= 4 is 5.97 Å². The Morgan fingerprint density at radius 3 is 1.65 bits per heavy atom. The third-order valence-corrected chi connectivity index (χ3v) is 3.35. The third-order valence-electron chi connectivity index (χ3n) is 3.35. The molecule has 0 amide bonds. The van der Waals surface area contributed by atoms with Crippen molar-refractivity contribution in [2.75, 3.05) is 0 Å². The lowest BCUT2D eigenvalue weighted by molar-refractivity contribution is -0.136. The number of unbranched alkanes of at least 4 members (excludes halogenated alkanes) is 9. The van der Waals surface area contributed by atoms with Gasteiger partial charge in [0, 0.05) is 0 Å². The van der Waals surface area contributed by atoms with Gasteiger partial charge in [0.05, 0.1) is 6.42 Å². The lowest BCUT2D eigenvalue weighted by Crippen LogP contribution is -1.89. The number of carboxylic acid groups (broad SMARTS) is 1. The van der Waals surface area contributed by atoms with Crippen LogP contribution in [0.1, 0.15) is 84.0 Å². The Morgan fingerprint density at radius 1 is 0.750 bits per heavy atom. The van der Waals surface area contributed by atoms with E-state index in [1.54, 1.807) is 6.08 Å². The number of hydrogen-bond acceptors (Lipinski definition) is 1. The molecular weight excluding hydrogens is 248 g/mol. The molecule has 0 saturated heterocycles. The van der Waals surface area contributed by atoms with E-state index >= 15 is 0 Å². The first-order valence-corrected chi connectivity index (χ1v) is 8.29. The van der Waals surface area contributed by atoms with Crippen LogP contribution < -0.4 is 0 Å². The first-order valence-electron chi connectivity index (χ1n) is 8.29. The van der Waals surface area contributed by atoms with Crippen LogP contribution in [0.15, 0.2) is 24.3 Å². The van der Waals surface area contributed by atoms with Gasteiger partial charge in [-0.3, -0.25) is 4.79 Å². The highest BCUT2D eigenvalue weighted by atomic mass is 16.4. The van der Waals surface area contributed by atoms with Crippen molar-refractivity contribution in [3.63, 3.8) is 0 Å². The van der Waals surface area contributed by atoms with E-state index in [9.17, 15) is 4.79 Å². The number of carboxylic acids is 1. The maximum atomic E-state index is 10.3. The van der Waals surface area contributed by atoms with Crippen molar-refractivity contribution in [3.8, 4) is 0 Å². The molecule has 0 aromatic heterocycles. The summed E-state index contributed by atoms with van der Waals surface area (Å²) in [6.45, 7) is 2.18. The average Bonchev–Trinajstić information content (AvgIpc) is 2.43. The molecule has 0 radical (unpaired) electrons. The minimum atomic E-state index is -0.744. The molecule has 0 saturated carbocycles. The first kappa shape index (κ1) is 18.9. The van der Waals surface area contributed by atoms with Gasteiger partial charge in [0.2, 0.25) is 0 Å². The number of carbonyl (C=O) groups is 1. The zero-order valence-electron chi connectivity index (χ0n) is 13.2. The van der Waals surface area contributed by atoms with E-state index in [4.69, 9.17) is 5.11 Å². The second kappa shape index (κ2) is 16.0. The van der Waals surface area contributed by atoms with Crippen molar-refractivity contribution in [2.24, 2.45) is 0 Å². The van der Waals surface area contributed by atoms with Gasteiger partial charge < -0.3 is 5.11 Å². The molecule has 0 aromatic rings. The Balaban J connectivity index is 3.08. The van der Waals surface area contributed by atoms with E-state index in [1.807, 2.05) is 6.08 Å². The predicted octanol–water partition coefficient (Wildman–Crippen LogP) is 5.88. The summed E-state index contributed by atoms with van der Waals surface area (Å²) < 4.78 is 0. The van der Waals surface area contributed by atoms with Crippen LogP contribution in [-0.2, 0) is 4.79 Å². The van der Waals surface area contributed by atoms with Crippen LogP contribution in [0.25, 0.3) is 0 Å². The van der Waals surface area contributed by atoms with E-state index in [1.165, 1.54) is 57.8 Å². The number of aliphatic carboxylic acids is 1. The molecule has 0 aliphatic carbocycles. The van der Waals surface area contributed by atoms with Crippen LogP contribution in [-0.4, -0.2) is 11.1 Å². The quantitative estimate of drug-likeness (QED) is 0.318. The van der Waals surface area contributed by atoms with E-state index < -0.39 is 5.97 Å². The van der Waals surface area contributed by atoms with Crippen molar-refractivity contribution in [1.29, 1.82) is 0 Å². The highest BCUT2D eigenvalue weighted by molar-refractivity contribution is 5.68. The van der Waals surface area contributed by atoms with E-state index in [0.717, 1.165) is 12.8 Å². The fraction of sp³-hybridized carbons (Fsp3) is 0.722. The minimum Gasteiger partial charge on any atom is -0.481 e. The van der Waals surface area contributed by atoms with E-state index in [-0.39, 0.29) is 6.42 Å². The van der Waals surface area contributed by atoms with E-state index in [2.05, 4.69) is 19.1 Å².